The van der Waals surface area contributed by atoms with E-state index in [1.807, 2.05) is 0 Å². The molecular weight excluding hydrogens is 190 g/mol. The number of aromatic nitrogens is 2. The van der Waals surface area contributed by atoms with E-state index in [2.05, 4.69) is 9.97 Å². The summed E-state index contributed by atoms with van der Waals surface area (Å²) in [4.78, 5) is 7.31. The molecule has 0 N–H and O–H groups in total. The van der Waals surface area contributed by atoms with Gasteiger partial charge in [-0.25, -0.2) is 9.97 Å². The van der Waals surface area contributed by atoms with E-state index in [-0.39, 0.29) is 16.9 Å². The highest BCUT2D eigenvalue weighted by atomic mass is 35.5. The van der Waals surface area contributed by atoms with Gasteiger partial charge in [0.05, 0.1) is 6.67 Å². The lowest BCUT2D eigenvalue weighted by atomic mass is 10.3. The molecule has 1 aromatic heterocycles. The number of rotatable bonds is 2. The van der Waals surface area contributed by atoms with Crippen LogP contribution < -0.4 is 0 Å². The van der Waals surface area contributed by atoms with Crippen molar-refractivity contribution in [3.05, 3.63) is 22.2 Å². The molecule has 0 saturated heterocycles. The summed E-state index contributed by atoms with van der Waals surface area (Å²) in [6, 6.07) is 0. The standard InChI is InChI=1S/C6H5Cl2FN2/c7-5-4(1-2-9)3-10-6(8)11-5/h3H,1-2H2. The summed E-state index contributed by atoms with van der Waals surface area (Å²) in [5.74, 6) is 0. The van der Waals surface area contributed by atoms with Crippen molar-refractivity contribution in [2.75, 3.05) is 6.67 Å². The highest BCUT2D eigenvalue weighted by Crippen LogP contribution is 2.14. The van der Waals surface area contributed by atoms with Gasteiger partial charge in [-0.15, -0.1) is 0 Å². The van der Waals surface area contributed by atoms with Crippen molar-refractivity contribution in [1.29, 1.82) is 0 Å². The van der Waals surface area contributed by atoms with Crippen LogP contribution in [0.1, 0.15) is 5.56 Å². The van der Waals surface area contributed by atoms with E-state index in [1.165, 1.54) is 6.20 Å². The van der Waals surface area contributed by atoms with Gasteiger partial charge in [-0.05, 0) is 11.6 Å². The fraction of sp³-hybridized carbons (Fsp3) is 0.333. The number of alkyl halides is 1. The molecule has 0 radical (unpaired) electrons. The Balaban J connectivity index is 2.90. The molecule has 0 bridgehead atoms. The predicted octanol–water partition coefficient (Wildman–Crippen LogP) is 2.30. The Hall–Kier alpha value is -0.410. The number of aryl methyl sites for hydroxylation is 1. The van der Waals surface area contributed by atoms with Crippen molar-refractivity contribution in [3.63, 3.8) is 0 Å². The molecule has 0 saturated carbocycles. The third-order valence-corrected chi connectivity index (χ3v) is 1.66. The Labute approximate surface area is 73.4 Å². The molecule has 0 aromatic carbocycles. The number of hydrogen-bond acceptors (Lipinski definition) is 2. The summed E-state index contributed by atoms with van der Waals surface area (Å²) < 4.78 is 11.8. The van der Waals surface area contributed by atoms with Crippen molar-refractivity contribution in [2.45, 2.75) is 6.42 Å². The fourth-order valence-corrected chi connectivity index (χ4v) is 1.04. The number of nitrogens with zero attached hydrogens (tertiary/aromatic N) is 2. The quantitative estimate of drug-likeness (QED) is 0.534. The van der Waals surface area contributed by atoms with Gasteiger partial charge in [0.15, 0.2) is 0 Å². The van der Waals surface area contributed by atoms with E-state index in [9.17, 15) is 4.39 Å². The average molecular weight is 195 g/mol. The maximum Gasteiger partial charge on any atom is 0.223 e. The van der Waals surface area contributed by atoms with Crippen LogP contribution in [0.3, 0.4) is 0 Å². The van der Waals surface area contributed by atoms with Gasteiger partial charge in [0.25, 0.3) is 0 Å². The molecule has 2 nitrogen and oxygen atoms in total. The Morgan fingerprint density at radius 1 is 1.45 bits per heavy atom. The van der Waals surface area contributed by atoms with Crippen LogP contribution in [0.25, 0.3) is 0 Å². The Morgan fingerprint density at radius 3 is 2.73 bits per heavy atom. The van der Waals surface area contributed by atoms with Gasteiger partial charge in [0.2, 0.25) is 5.28 Å². The SMILES string of the molecule is FCCc1cnc(Cl)nc1Cl. The summed E-state index contributed by atoms with van der Waals surface area (Å²) in [5, 5.41) is 0.306. The van der Waals surface area contributed by atoms with Crippen molar-refractivity contribution in [2.24, 2.45) is 0 Å². The summed E-state index contributed by atoms with van der Waals surface area (Å²) in [6.45, 7) is -0.468. The first-order valence-electron chi connectivity index (χ1n) is 2.97. The molecule has 60 valence electrons. The summed E-state index contributed by atoms with van der Waals surface area (Å²) in [7, 11) is 0. The first kappa shape index (κ1) is 8.68. The normalized spacial score (nSPS) is 10.1. The lowest BCUT2D eigenvalue weighted by Gasteiger charge is -1.98. The van der Waals surface area contributed by atoms with E-state index in [4.69, 9.17) is 23.2 Å². The van der Waals surface area contributed by atoms with E-state index >= 15 is 0 Å². The third-order valence-electron chi connectivity index (χ3n) is 1.15. The third kappa shape index (κ3) is 2.27. The zero-order chi connectivity index (χ0) is 8.27. The van der Waals surface area contributed by atoms with E-state index < -0.39 is 6.67 Å². The molecule has 0 aliphatic rings. The molecule has 5 heteroatoms. The van der Waals surface area contributed by atoms with Gasteiger partial charge in [-0.2, -0.15) is 0 Å². The van der Waals surface area contributed by atoms with E-state index in [0.717, 1.165) is 0 Å². The Bertz CT molecular complexity index is 254. The van der Waals surface area contributed by atoms with Gasteiger partial charge >= 0.3 is 0 Å². The van der Waals surface area contributed by atoms with Gasteiger partial charge in [0, 0.05) is 18.2 Å². The molecule has 0 amide bonds. The van der Waals surface area contributed by atoms with Crippen LogP contribution in [-0.2, 0) is 6.42 Å². The molecule has 0 aliphatic heterocycles. The minimum atomic E-state index is -0.468. The average Bonchev–Trinajstić information content (AvgIpc) is 1.95. The van der Waals surface area contributed by atoms with Crippen molar-refractivity contribution in [3.8, 4) is 0 Å². The van der Waals surface area contributed by atoms with Crippen molar-refractivity contribution < 1.29 is 4.39 Å². The minimum absolute atomic E-state index is 0.0811. The second-order valence-electron chi connectivity index (χ2n) is 1.89. The molecular formula is C6H5Cl2FN2. The van der Waals surface area contributed by atoms with E-state index in [0.29, 0.717) is 5.56 Å². The van der Waals surface area contributed by atoms with Crippen LogP contribution in [-0.4, -0.2) is 16.6 Å². The zero-order valence-corrected chi connectivity index (χ0v) is 7.03. The monoisotopic (exact) mass is 194 g/mol. The maximum atomic E-state index is 11.8. The molecule has 0 atom stereocenters. The summed E-state index contributed by atoms with van der Waals surface area (Å²) in [6.07, 6.45) is 1.66. The summed E-state index contributed by atoms with van der Waals surface area (Å²) >= 11 is 11.0. The lowest BCUT2D eigenvalue weighted by molar-refractivity contribution is 0.494. The van der Waals surface area contributed by atoms with Crippen LogP contribution in [0.5, 0.6) is 0 Å². The molecule has 0 unspecified atom stereocenters. The molecule has 1 heterocycles. The van der Waals surface area contributed by atoms with Gasteiger partial charge < -0.3 is 0 Å². The lowest BCUT2D eigenvalue weighted by Crippen LogP contribution is -1.93. The highest BCUT2D eigenvalue weighted by Gasteiger charge is 2.02. The Kier molecular flexibility index (Phi) is 3.02. The number of hydrogen-bond donors (Lipinski definition) is 0. The van der Waals surface area contributed by atoms with Crippen molar-refractivity contribution >= 4 is 23.2 Å². The summed E-state index contributed by atoms with van der Waals surface area (Å²) in [5.41, 5.74) is 0.582. The first-order chi connectivity index (χ1) is 5.24. The van der Waals surface area contributed by atoms with Gasteiger partial charge in [-0.1, -0.05) is 11.6 Å². The number of halogens is 3. The van der Waals surface area contributed by atoms with Gasteiger partial charge in [-0.3, -0.25) is 4.39 Å². The van der Waals surface area contributed by atoms with E-state index in [1.54, 1.807) is 0 Å². The smallest absolute Gasteiger partial charge is 0.223 e. The molecule has 0 aliphatic carbocycles. The topological polar surface area (TPSA) is 25.8 Å². The maximum absolute atomic E-state index is 11.8. The molecule has 11 heavy (non-hydrogen) atoms. The molecule has 1 aromatic rings. The molecule has 0 fully saturated rings. The van der Waals surface area contributed by atoms with Crippen LogP contribution >= 0.6 is 23.2 Å². The van der Waals surface area contributed by atoms with Crippen LogP contribution in [0.15, 0.2) is 6.20 Å². The molecule has 0 spiro atoms. The zero-order valence-electron chi connectivity index (χ0n) is 5.52. The minimum Gasteiger partial charge on any atom is -0.251 e. The van der Waals surface area contributed by atoms with Gasteiger partial charge in [0.1, 0.15) is 5.15 Å². The largest absolute Gasteiger partial charge is 0.251 e. The van der Waals surface area contributed by atoms with Crippen LogP contribution in [0.4, 0.5) is 4.39 Å². The fourth-order valence-electron chi connectivity index (χ4n) is 0.636. The second kappa shape index (κ2) is 3.83. The Morgan fingerprint density at radius 2 is 2.18 bits per heavy atom. The second-order valence-corrected chi connectivity index (χ2v) is 2.59. The highest BCUT2D eigenvalue weighted by molar-refractivity contribution is 6.32. The predicted molar refractivity (Wildman–Crippen MR) is 41.7 cm³/mol. The van der Waals surface area contributed by atoms with Crippen molar-refractivity contribution in [1.82, 2.24) is 9.97 Å². The first-order valence-corrected chi connectivity index (χ1v) is 3.72. The van der Waals surface area contributed by atoms with Crippen LogP contribution in [0, 0.1) is 0 Å². The molecule has 1 rings (SSSR count). The van der Waals surface area contributed by atoms with Crippen LogP contribution in [0.2, 0.25) is 10.4 Å².